The molecule has 2 heteroatoms. The fraction of sp³-hybridized carbons (Fsp3) is 0.0714. The highest BCUT2D eigenvalue weighted by Crippen LogP contribution is 2.33. The maximum Gasteiger partial charge on any atom is 0.0954 e. The monoisotopic (exact) mass is 206 g/mol. The molecule has 0 N–H and O–H groups in total. The summed E-state index contributed by atoms with van der Waals surface area (Å²) in [5, 5.41) is 5.24. The number of rotatable bonds is 0. The second-order valence-electron chi connectivity index (χ2n) is 4.29. The second-order valence-corrected chi connectivity index (χ2v) is 4.29. The van der Waals surface area contributed by atoms with Crippen molar-refractivity contribution < 1.29 is 0 Å². The van der Waals surface area contributed by atoms with Crippen LogP contribution >= 0.6 is 0 Å². The molecule has 4 rings (SSSR count). The Labute approximate surface area is 92.5 Å². The zero-order valence-electron chi connectivity index (χ0n) is 8.94. The zero-order valence-corrected chi connectivity index (χ0v) is 8.94. The second kappa shape index (κ2) is 2.53. The summed E-state index contributed by atoms with van der Waals surface area (Å²) in [6.07, 6.45) is 1.88. The summed E-state index contributed by atoms with van der Waals surface area (Å²) in [6, 6.07) is 13.0. The van der Waals surface area contributed by atoms with Crippen LogP contribution in [0.1, 0.15) is 0 Å². The van der Waals surface area contributed by atoms with E-state index in [0.717, 1.165) is 5.52 Å². The molecule has 0 spiro atoms. The molecule has 0 unspecified atom stereocenters. The van der Waals surface area contributed by atoms with Crippen LogP contribution in [0, 0.1) is 0 Å². The Hall–Kier alpha value is -2.09. The molecule has 0 atom stereocenters. The average molecular weight is 206 g/mol. The predicted octanol–water partition coefficient (Wildman–Crippen LogP) is 3.32. The van der Waals surface area contributed by atoms with Gasteiger partial charge in [-0.25, -0.2) is 4.98 Å². The van der Waals surface area contributed by atoms with Gasteiger partial charge < -0.3 is 4.57 Å². The topological polar surface area (TPSA) is 17.8 Å². The van der Waals surface area contributed by atoms with Crippen LogP contribution in [-0.2, 0) is 7.05 Å². The van der Waals surface area contributed by atoms with Crippen molar-refractivity contribution >= 4 is 32.6 Å². The van der Waals surface area contributed by atoms with E-state index in [-0.39, 0.29) is 0 Å². The minimum Gasteiger partial charge on any atom is -0.335 e. The maximum atomic E-state index is 4.48. The van der Waals surface area contributed by atoms with Crippen LogP contribution in [-0.4, -0.2) is 9.55 Å². The number of hydrogen-bond acceptors (Lipinski definition) is 1. The summed E-state index contributed by atoms with van der Waals surface area (Å²) in [4.78, 5) is 4.48. The summed E-state index contributed by atoms with van der Waals surface area (Å²) in [7, 11) is 2.04. The van der Waals surface area contributed by atoms with E-state index in [0.29, 0.717) is 0 Å². The molecule has 2 nitrogen and oxygen atoms in total. The third kappa shape index (κ3) is 0.807. The van der Waals surface area contributed by atoms with Gasteiger partial charge in [0, 0.05) is 17.8 Å². The first-order valence-electron chi connectivity index (χ1n) is 5.39. The van der Waals surface area contributed by atoms with Gasteiger partial charge in [0.25, 0.3) is 0 Å². The Bertz CT molecular complexity index is 796. The minimum atomic E-state index is 1.08. The van der Waals surface area contributed by atoms with Crippen LogP contribution in [0.4, 0.5) is 0 Å². The van der Waals surface area contributed by atoms with E-state index in [1.54, 1.807) is 0 Å². The van der Waals surface area contributed by atoms with Crippen LogP contribution in [0.25, 0.3) is 32.6 Å². The molecule has 3 aromatic carbocycles. The van der Waals surface area contributed by atoms with Crippen molar-refractivity contribution in [2.24, 2.45) is 7.05 Å². The summed E-state index contributed by atoms with van der Waals surface area (Å²) >= 11 is 0. The van der Waals surface area contributed by atoms with Gasteiger partial charge in [-0.05, 0) is 22.9 Å². The number of aryl methyl sites for hydroxylation is 1. The van der Waals surface area contributed by atoms with Crippen molar-refractivity contribution in [3.8, 4) is 0 Å². The van der Waals surface area contributed by atoms with Crippen LogP contribution in [0.15, 0.2) is 42.7 Å². The smallest absolute Gasteiger partial charge is 0.0954 e. The van der Waals surface area contributed by atoms with Gasteiger partial charge in [-0.1, -0.05) is 24.3 Å². The Morgan fingerprint density at radius 2 is 1.56 bits per heavy atom. The summed E-state index contributed by atoms with van der Waals surface area (Å²) < 4.78 is 2.08. The molecular weight excluding hydrogens is 196 g/mol. The summed E-state index contributed by atoms with van der Waals surface area (Å²) in [5.74, 6) is 0. The lowest BCUT2D eigenvalue weighted by molar-refractivity contribution is 0.919. The molecule has 0 amide bonds. The lowest BCUT2D eigenvalue weighted by Crippen LogP contribution is -1.95. The van der Waals surface area contributed by atoms with E-state index in [4.69, 9.17) is 0 Å². The third-order valence-electron chi connectivity index (χ3n) is 3.37. The van der Waals surface area contributed by atoms with Gasteiger partial charge >= 0.3 is 0 Å². The van der Waals surface area contributed by atoms with Gasteiger partial charge in [0.05, 0.1) is 17.4 Å². The van der Waals surface area contributed by atoms with E-state index in [1.807, 2.05) is 13.4 Å². The highest BCUT2D eigenvalue weighted by molar-refractivity contribution is 6.22. The van der Waals surface area contributed by atoms with Gasteiger partial charge in [-0.2, -0.15) is 0 Å². The normalized spacial score (nSPS) is 12.1. The van der Waals surface area contributed by atoms with Crippen molar-refractivity contribution in [1.29, 1.82) is 0 Å². The largest absolute Gasteiger partial charge is 0.335 e. The van der Waals surface area contributed by atoms with Crippen LogP contribution in [0.5, 0.6) is 0 Å². The zero-order chi connectivity index (χ0) is 10.7. The van der Waals surface area contributed by atoms with Crippen molar-refractivity contribution in [2.45, 2.75) is 0 Å². The lowest BCUT2D eigenvalue weighted by atomic mass is 10.0. The molecule has 4 aromatic rings. The third-order valence-corrected chi connectivity index (χ3v) is 3.37. The number of aromatic nitrogens is 2. The Kier molecular flexibility index (Phi) is 1.28. The molecule has 1 aromatic heterocycles. The van der Waals surface area contributed by atoms with Gasteiger partial charge in [-0.15, -0.1) is 0 Å². The van der Waals surface area contributed by atoms with Crippen LogP contribution in [0.3, 0.4) is 0 Å². The molecule has 76 valence electrons. The molecular formula is C14H10N2. The molecule has 0 saturated carbocycles. The first-order chi connectivity index (χ1) is 7.84. The number of benzene rings is 2. The van der Waals surface area contributed by atoms with E-state index in [1.165, 1.54) is 27.1 Å². The highest BCUT2D eigenvalue weighted by atomic mass is 15.0. The highest BCUT2D eigenvalue weighted by Gasteiger charge is 2.09. The summed E-state index contributed by atoms with van der Waals surface area (Å²) in [5.41, 5.74) is 2.33. The van der Waals surface area contributed by atoms with Crippen molar-refractivity contribution in [3.63, 3.8) is 0 Å². The fourth-order valence-corrected chi connectivity index (χ4v) is 2.58. The standard InChI is InChI=1S/C14H10N2/c1-16-8-15-11-6-4-9-2-3-10-5-7-12(16)14(11)13(9)10/h2-8H,1H3. The van der Waals surface area contributed by atoms with E-state index >= 15 is 0 Å². The molecule has 1 heterocycles. The minimum absolute atomic E-state index is 1.08. The van der Waals surface area contributed by atoms with Gasteiger partial charge in [0.2, 0.25) is 0 Å². The van der Waals surface area contributed by atoms with Crippen molar-refractivity contribution in [1.82, 2.24) is 9.55 Å². The Morgan fingerprint density at radius 1 is 0.875 bits per heavy atom. The van der Waals surface area contributed by atoms with Gasteiger partial charge in [0.15, 0.2) is 0 Å². The average Bonchev–Trinajstić information content (AvgIpc) is 2.73. The molecule has 0 saturated heterocycles. The van der Waals surface area contributed by atoms with E-state index in [9.17, 15) is 0 Å². The van der Waals surface area contributed by atoms with Gasteiger partial charge in [-0.3, -0.25) is 0 Å². The van der Waals surface area contributed by atoms with Crippen LogP contribution < -0.4 is 0 Å². The predicted molar refractivity (Wildman–Crippen MR) is 66.9 cm³/mol. The Balaban J connectivity index is 2.51. The SMILES string of the molecule is Cn1cnc2ccc3ccc4ccc1c2c34. The molecule has 0 aliphatic rings. The van der Waals surface area contributed by atoms with E-state index < -0.39 is 0 Å². The molecule has 0 radical (unpaired) electrons. The molecule has 0 bridgehead atoms. The number of nitrogens with zero attached hydrogens (tertiary/aromatic N) is 2. The van der Waals surface area contributed by atoms with Crippen LogP contribution in [0.2, 0.25) is 0 Å². The molecule has 0 aliphatic heterocycles. The molecule has 0 fully saturated rings. The molecule has 16 heavy (non-hydrogen) atoms. The van der Waals surface area contributed by atoms with Gasteiger partial charge in [0.1, 0.15) is 0 Å². The first-order valence-corrected chi connectivity index (χ1v) is 5.39. The van der Waals surface area contributed by atoms with E-state index in [2.05, 4.69) is 45.9 Å². The Morgan fingerprint density at radius 3 is 2.38 bits per heavy atom. The summed E-state index contributed by atoms with van der Waals surface area (Å²) in [6.45, 7) is 0. The van der Waals surface area contributed by atoms with Crippen molar-refractivity contribution in [2.75, 3.05) is 0 Å². The lowest BCUT2D eigenvalue weighted by Gasteiger charge is -2.09. The quantitative estimate of drug-likeness (QED) is 0.431. The fourth-order valence-electron chi connectivity index (χ4n) is 2.58. The van der Waals surface area contributed by atoms with Crippen molar-refractivity contribution in [3.05, 3.63) is 42.7 Å². The number of hydrogen-bond donors (Lipinski definition) is 0. The first kappa shape index (κ1) is 8.11. The maximum absolute atomic E-state index is 4.48. The molecule has 0 aliphatic carbocycles.